The molecule has 2 heterocycles. The van der Waals surface area contributed by atoms with E-state index in [1.807, 2.05) is 6.92 Å². The van der Waals surface area contributed by atoms with Crippen molar-refractivity contribution in [3.05, 3.63) is 85.0 Å². The van der Waals surface area contributed by atoms with Gasteiger partial charge in [0.25, 0.3) is 11.2 Å². The molecule has 10 heteroatoms. The highest BCUT2D eigenvalue weighted by Crippen LogP contribution is 2.30. The molecule has 10 nitrogen and oxygen atoms in total. The topological polar surface area (TPSA) is 137 Å². The number of benzene rings is 2. The number of ether oxygens (including phenoxy) is 1. The Morgan fingerprint density at radius 2 is 2.00 bits per heavy atom. The van der Waals surface area contributed by atoms with Gasteiger partial charge in [-0.25, -0.2) is 9.59 Å². The molecule has 1 N–H and O–H groups in total. The number of carbonyl (C=O) groups excluding carboxylic acids is 1. The number of hydrogen-bond acceptors (Lipinski definition) is 7. The highest BCUT2D eigenvalue weighted by molar-refractivity contribution is 5.92. The van der Waals surface area contributed by atoms with Gasteiger partial charge in [-0.3, -0.25) is 24.5 Å². The van der Waals surface area contributed by atoms with Crippen LogP contribution in [0.1, 0.15) is 30.1 Å². The highest BCUT2D eigenvalue weighted by Gasteiger charge is 2.20. The predicted molar refractivity (Wildman–Crippen MR) is 116 cm³/mol. The summed E-state index contributed by atoms with van der Waals surface area (Å²) in [6.45, 7) is 2.28. The van der Waals surface area contributed by atoms with Crippen LogP contribution in [0.15, 0.2) is 58.1 Å². The molecule has 2 aromatic carbocycles. The fraction of sp³-hybridized carbons (Fsp3) is 0.182. The Hall–Kier alpha value is -4.34. The smallest absolute Gasteiger partial charge is 0.349 e. The van der Waals surface area contributed by atoms with Gasteiger partial charge in [0.05, 0.1) is 28.2 Å². The van der Waals surface area contributed by atoms with Gasteiger partial charge in [0.15, 0.2) is 5.82 Å². The normalized spacial score (nSPS) is 11.0. The number of H-pyrrole nitrogens is 1. The summed E-state index contributed by atoms with van der Waals surface area (Å²) in [5.41, 5.74) is -0.376. The second kappa shape index (κ2) is 8.42. The monoisotopic (exact) mass is 434 g/mol. The lowest BCUT2D eigenvalue weighted by Gasteiger charge is -2.18. The number of nitrogens with zero attached hydrogens (tertiary/aromatic N) is 3. The van der Waals surface area contributed by atoms with Crippen molar-refractivity contribution in [2.75, 3.05) is 6.61 Å². The van der Waals surface area contributed by atoms with Crippen molar-refractivity contribution in [1.82, 2.24) is 14.5 Å². The second-order valence-electron chi connectivity index (χ2n) is 7.13. The number of hydrogen-bond donors (Lipinski definition) is 1. The van der Waals surface area contributed by atoms with E-state index in [0.717, 1.165) is 12.8 Å². The van der Waals surface area contributed by atoms with Crippen LogP contribution in [0.3, 0.4) is 0 Å². The van der Waals surface area contributed by atoms with Crippen molar-refractivity contribution < 1.29 is 14.5 Å². The van der Waals surface area contributed by atoms with Crippen LogP contribution in [0.2, 0.25) is 0 Å². The number of unbranched alkanes of at least 4 members (excludes halogenated alkanes) is 1. The van der Waals surface area contributed by atoms with E-state index < -0.39 is 22.1 Å². The van der Waals surface area contributed by atoms with Gasteiger partial charge in [0, 0.05) is 23.2 Å². The molecule has 0 spiro atoms. The minimum atomic E-state index is -0.826. The van der Waals surface area contributed by atoms with E-state index >= 15 is 0 Å². The van der Waals surface area contributed by atoms with Crippen molar-refractivity contribution in [2.45, 2.75) is 19.8 Å². The van der Waals surface area contributed by atoms with Crippen LogP contribution in [0.5, 0.6) is 0 Å². The molecule has 0 bridgehead atoms. The van der Waals surface area contributed by atoms with E-state index in [4.69, 9.17) is 4.74 Å². The molecule has 4 rings (SSSR count). The first-order valence-corrected chi connectivity index (χ1v) is 9.91. The Morgan fingerprint density at radius 1 is 1.19 bits per heavy atom. The van der Waals surface area contributed by atoms with Gasteiger partial charge in [-0.15, -0.1) is 0 Å². The Labute approximate surface area is 180 Å². The molecule has 0 atom stereocenters. The highest BCUT2D eigenvalue weighted by atomic mass is 16.6. The minimum absolute atomic E-state index is 0.0663. The first-order valence-electron chi connectivity index (χ1n) is 9.91. The number of fused-ring (bicyclic) bond motifs is 2. The largest absolute Gasteiger partial charge is 0.462 e. The molecular weight excluding hydrogens is 416 g/mol. The number of nitrogens with one attached hydrogen (secondary N) is 1. The third kappa shape index (κ3) is 3.85. The van der Waals surface area contributed by atoms with E-state index in [1.165, 1.54) is 28.8 Å². The summed E-state index contributed by atoms with van der Waals surface area (Å²) in [4.78, 5) is 53.6. The molecule has 0 fully saturated rings. The third-order valence-electron chi connectivity index (χ3n) is 4.96. The van der Waals surface area contributed by atoms with Crippen molar-refractivity contribution >= 4 is 22.6 Å². The fourth-order valence-electron chi connectivity index (χ4n) is 3.42. The second-order valence-corrected chi connectivity index (χ2v) is 7.13. The lowest BCUT2D eigenvalue weighted by molar-refractivity contribution is -0.384. The molecule has 2 aliphatic heterocycles. The van der Waals surface area contributed by atoms with Crippen LogP contribution >= 0.6 is 0 Å². The van der Waals surface area contributed by atoms with Gasteiger partial charge < -0.3 is 4.74 Å². The van der Waals surface area contributed by atoms with Crippen LogP contribution in [-0.4, -0.2) is 32.0 Å². The summed E-state index contributed by atoms with van der Waals surface area (Å²) in [6, 6.07) is 12.1. The number of nitro groups is 1. The summed E-state index contributed by atoms with van der Waals surface area (Å²) in [5, 5.41) is 11.6. The standard InChI is InChI=1S/C22H18N4O6/c1-2-3-9-32-21(28)13-5-4-6-15(10-13)25-18-8-7-16(26(30)31)11-14(18)12-17-19(25)23-22(29)24-20(17)27/h4-8,10-12H,2-3,9H2,1H3,(H,24,27,29). The van der Waals surface area contributed by atoms with Gasteiger partial charge in [-0.2, -0.15) is 4.98 Å². The average Bonchev–Trinajstić information content (AvgIpc) is 2.77. The molecule has 32 heavy (non-hydrogen) atoms. The molecule has 2 aromatic rings. The molecule has 0 aliphatic carbocycles. The van der Waals surface area contributed by atoms with Crippen molar-refractivity contribution in [3.63, 3.8) is 0 Å². The van der Waals surface area contributed by atoms with Gasteiger partial charge in [0.2, 0.25) is 0 Å². The summed E-state index contributed by atoms with van der Waals surface area (Å²) < 4.78 is 6.79. The molecule has 0 saturated carbocycles. The third-order valence-corrected chi connectivity index (χ3v) is 4.96. The number of nitro benzene ring substituents is 1. The summed E-state index contributed by atoms with van der Waals surface area (Å²) >= 11 is 0. The van der Waals surface area contributed by atoms with E-state index in [1.54, 1.807) is 24.3 Å². The molecule has 0 radical (unpaired) electrons. The maximum absolute atomic E-state index is 12.5. The lowest BCUT2D eigenvalue weighted by atomic mass is 10.1. The number of aromatic amines is 1. The van der Waals surface area contributed by atoms with Gasteiger partial charge in [0.1, 0.15) is 0 Å². The summed E-state index contributed by atoms with van der Waals surface area (Å²) in [6.07, 6.45) is 1.63. The Bertz CT molecular complexity index is 1440. The van der Waals surface area contributed by atoms with E-state index in [-0.39, 0.29) is 22.6 Å². The van der Waals surface area contributed by atoms with Crippen molar-refractivity contribution in [1.29, 1.82) is 0 Å². The Kier molecular flexibility index (Phi) is 5.50. The maximum atomic E-state index is 12.5. The maximum Gasteiger partial charge on any atom is 0.349 e. The number of aromatic nitrogens is 3. The van der Waals surface area contributed by atoms with Gasteiger partial charge in [-0.1, -0.05) is 19.4 Å². The quantitative estimate of drug-likeness (QED) is 0.162. The van der Waals surface area contributed by atoms with E-state index in [0.29, 0.717) is 23.2 Å². The van der Waals surface area contributed by atoms with Crippen LogP contribution in [-0.2, 0) is 4.74 Å². The minimum Gasteiger partial charge on any atom is -0.462 e. The fourth-order valence-corrected chi connectivity index (χ4v) is 3.42. The number of carbonyl (C=O) groups is 1. The van der Waals surface area contributed by atoms with Crippen molar-refractivity contribution in [3.8, 4) is 17.1 Å². The number of non-ortho nitro benzene ring substituents is 1. The van der Waals surface area contributed by atoms with E-state index in [9.17, 15) is 24.5 Å². The average molecular weight is 434 g/mol. The molecular formula is C22H18N4O6. The first-order chi connectivity index (χ1) is 15.4. The number of pyridine rings is 1. The summed E-state index contributed by atoms with van der Waals surface area (Å²) in [5.74, 6) is -0.437. The molecule has 162 valence electrons. The molecule has 0 unspecified atom stereocenters. The zero-order valence-electron chi connectivity index (χ0n) is 17.0. The van der Waals surface area contributed by atoms with Crippen LogP contribution in [0, 0.1) is 10.1 Å². The zero-order valence-corrected chi connectivity index (χ0v) is 17.0. The number of rotatable bonds is 6. The van der Waals surface area contributed by atoms with Crippen LogP contribution in [0.4, 0.5) is 5.69 Å². The zero-order chi connectivity index (χ0) is 22.8. The van der Waals surface area contributed by atoms with Gasteiger partial charge >= 0.3 is 11.7 Å². The summed E-state index contributed by atoms with van der Waals surface area (Å²) in [7, 11) is 0. The Morgan fingerprint density at radius 3 is 2.75 bits per heavy atom. The Balaban J connectivity index is 1.97. The lowest BCUT2D eigenvalue weighted by Crippen LogP contribution is -2.27. The predicted octanol–water partition coefficient (Wildman–Crippen LogP) is 3.04. The van der Waals surface area contributed by atoms with E-state index in [2.05, 4.69) is 9.97 Å². The van der Waals surface area contributed by atoms with Crippen molar-refractivity contribution in [2.24, 2.45) is 0 Å². The first kappa shape index (κ1) is 20.9. The SMILES string of the molecule is CCCCOC(=O)c1cccc(-n2c3nc(=O)[nH]c(=O)c-3cc3cc([N+](=O)[O-])ccc32)c1. The molecule has 0 saturated heterocycles. The molecule has 0 amide bonds. The van der Waals surface area contributed by atoms with Crippen LogP contribution in [0.25, 0.3) is 28.0 Å². The molecule has 0 aromatic heterocycles. The number of esters is 1. The molecule has 2 aliphatic rings. The van der Waals surface area contributed by atoms with Crippen LogP contribution < -0.4 is 11.2 Å². The van der Waals surface area contributed by atoms with Gasteiger partial charge in [-0.05, 0) is 36.8 Å².